The quantitative estimate of drug-likeness (QED) is 0.566. The molecule has 0 radical (unpaired) electrons. The van der Waals surface area contributed by atoms with E-state index in [1.807, 2.05) is 0 Å². The Morgan fingerprint density at radius 3 is 2.07 bits per heavy atom. The topological polar surface area (TPSA) is 96.2 Å². The lowest BCUT2D eigenvalue weighted by Gasteiger charge is -2.07. The third-order valence-electron chi connectivity index (χ3n) is 1.52. The van der Waals surface area contributed by atoms with E-state index in [0.29, 0.717) is 12.8 Å². The second kappa shape index (κ2) is 6.02. The summed E-state index contributed by atoms with van der Waals surface area (Å²) < 4.78 is 9.76. The second-order valence-electron chi connectivity index (χ2n) is 3.70. The summed E-state index contributed by atoms with van der Waals surface area (Å²) in [5.41, 5.74) is 0. The molecule has 0 saturated carbocycles. The molecule has 1 unspecified atom stereocenters. The summed E-state index contributed by atoms with van der Waals surface area (Å²) in [4.78, 5) is 10.3. The van der Waals surface area contributed by atoms with Crippen molar-refractivity contribution >= 4 is 5.97 Å². The molecular formula is C9H18O6. The average Bonchev–Trinajstić information content (AvgIpc) is 2.48. The van der Waals surface area contributed by atoms with Gasteiger partial charge in [-0.3, -0.25) is 0 Å². The molecule has 6 nitrogen and oxygen atoms in total. The van der Waals surface area contributed by atoms with Crippen LogP contribution in [0.2, 0.25) is 0 Å². The number of carboxylic acids is 1. The first-order valence-corrected chi connectivity index (χ1v) is 4.60. The number of aliphatic carboxylic acids is 1. The van der Waals surface area contributed by atoms with Crippen molar-refractivity contribution in [2.75, 3.05) is 7.11 Å². The molecule has 3 N–H and O–H groups in total. The highest BCUT2D eigenvalue weighted by molar-refractivity contribution is 5.72. The highest BCUT2D eigenvalue weighted by Crippen LogP contribution is 2.19. The lowest BCUT2D eigenvalue weighted by atomic mass is 10.2. The van der Waals surface area contributed by atoms with E-state index in [1.165, 1.54) is 21.0 Å². The zero-order valence-corrected chi connectivity index (χ0v) is 9.14. The number of hydrogen-bond donors (Lipinski definition) is 3. The Balaban J connectivity index is 0.000000336. The van der Waals surface area contributed by atoms with E-state index < -0.39 is 17.9 Å². The maximum Gasteiger partial charge on any atom is 0.332 e. The highest BCUT2D eigenvalue weighted by atomic mass is 16.7. The van der Waals surface area contributed by atoms with E-state index in [1.54, 1.807) is 0 Å². The molecule has 0 aromatic heterocycles. The number of aliphatic hydroxyl groups is 2. The molecule has 1 saturated heterocycles. The lowest BCUT2D eigenvalue weighted by molar-refractivity contribution is -0.163. The number of carbonyl (C=O) groups is 1. The smallest absolute Gasteiger partial charge is 0.332 e. The Kier molecular flexibility index (Phi) is 5.74. The van der Waals surface area contributed by atoms with Gasteiger partial charge in [0.2, 0.25) is 0 Å². The van der Waals surface area contributed by atoms with E-state index >= 15 is 0 Å². The molecule has 0 bridgehead atoms. The normalized spacial score (nSPS) is 25.7. The van der Waals surface area contributed by atoms with Crippen molar-refractivity contribution in [3.63, 3.8) is 0 Å². The van der Waals surface area contributed by atoms with Gasteiger partial charge in [-0.25, -0.2) is 4.79 Å². The zero-order valence-electron chi connectivity index (χ0n) is 9.14. The van der Waals surface area contributed by atoms with Crippen LogP contribution >= 0.6 is 0 Å². The zero-order chi connectivity index (χ0) is 12.1. The van der Waals surface area contributed by atoms with Gasteiger partial charge in [-0.1, -0.05) is 0 Å². The first-order valence-electron chi connectivity index (χ1n) is 4.60. The van der Waals surface area contributed by atoms with Crippen molar-refractivity contribution in [3.05, 3.63) is 0 Å². The lowest BCUT2D eigenvalue weighted by Crippen LogP contribution is -2.20. The van der Waals surface area contributed by atoms with Gasteiger partial charge in [0.15, 0.2) is 18.2 Å². The third-order valence-corrected chi connectivity index (χ3v) is 1.52. The van der Waals surface area contributed by atoms with E-state index in [-0.39, 0.29) is 6.29 Å². The van der Waals surface area contributed by atoms with Crippen LogP contribution in [0.3, 0.4) is 0 Å². The molecule has 1 fully saturated rings. The molecule has 15 heavy (non-hydrogen) atoms. The van der Waals surface area contributed by atoms with Crippen molar-refractivity contribution in [2.24, 2.45) is 0 Å². The minimum absolute atomic E-state index is 0.318. The molecule has 0 aromatic rings. The van der Waals surface area contributed by atoms with E-state index in [4.69, 9.17) is 24.8 Å². The molecule has 6 heteroatoms. The second-order valence-corrected chi connectivity index (χ2v) is 3.70. The van der Waals surface area contributed by atoms with Crippen LogP contribution in [0.4, 0.5) is 0 Å². The standard InChI is InChI=1S/C6H10O4.C3H8O2/c1-9-5-3-2-4(10-5)6(7)8;1-3(2,4)5/h4-5H,2-3H2,1H3,(H,7,8);4-5H,1-2H3/t4-,5?;/m0./s1. The van der Waals surface area contributed by atoms with E-state index in [9.17, 15) is 4.79 Å². The fourth-order valence-corrected chi connectivity index (χ4v) is 0.962. The number of methoxy groups -OCH3 is 1. The summed E-state index contributed by atoms with van der Waals surface area (Å²) in [6.07, 6.45) is 0.243. The van der Waals surface area contributed by atoms with Gasteiger partial charge in [-0.2, -0.15) is 0 Å². The van der Waals surface area contributed by atoms with Gasteiger partial charge in [0.05, 0.1) is 0 Å². The fourth-order valence-electron chi connectivity index (χ4n) is 0.962. The number of hydrogen-bond acceptors (Lipinski definition) is 5. The summed E-state index contributed by atoms with van der Waals surface area (Å²) in [5, 5.41) is 24.6. The van der Waals surface area contributed by atoms with Crippen molar-refractivity contribution in [2.45, 2.75) is 44.9 Å². The van der Waals surface area contributed by atoms with Crippen LogP contribution in [0.25, 0.3) is 0 Å². The molecule has 0 aromatic carbocycles. The molecular weight excluding hydrogens is 204 g/mol. The van der Waals surface area contributed by atoms with Crippen LogP contribution < -0.4 is 0 Å². The maximum atomic E-state index is 10.3. The molecule has 1 heterocycles. The summed E-state index contributed by atoms with van der Waals surface area (Å²) >= 11 is 0. The van der Waals surface area contributed by atoms with Crippen LogP contribution in [-0.2, 0) is 14.3 Å². The molecule has 1 aliphatic heterocycles. The summed E-state index contributed by atoms with van der Waals surface area (Å²) in [6.45, 7) is 2.60. The number of rotatable bonds is 2. The van der Waals surface area contributed by atoms with Crippen molar-refractivity contribution < 1.29 is 29.6 Å². The van der Waals surface area contributed by atoms with Crippen LogP contribution in [0, 0.1) is 0 Å². The Morgan fingerprint density at radius 2 is 1.87 bits per heavy atom. The summed E-state index contributed by atoms with van der Waals surface area (Å²) in [6, 6.07) is 0. The predicted molar refractivity (Wildman–Crippen MR) is 51.1 cm³/mol. The predicted octanol–water partition coefficient (Wildman–Crippen LogP) is -0.0704. The molecule has 2 atom stereocenters. The minimum atomic E-state index is -1.50. The summed E-state index contributed by atoms with van der Waals surface area (Å²) in [5.74, 6) is -2.40. The number of ether oxygens (including phenoxy) is 2. The average molecular weight is 222 g/mol. The monoisotopic (exact) mass is 222 g/mol. The van der Waals surface area contributed by atoms with Crippen molar-refractivity contribution in [1.82, 2.24) is 0 Å². The van der Waals surface area contributed by atoms with Crippen LogP contribution in [0.1, 0.15) is 26.7 Å². The van der Waals surface area contributed by atoms with Crippen LogP contribution in [0.5, 0.6) is 0 Å². The van der Waals surface area contributed by atoms with Gasteiger partial charge in [0.1, 0.15) is 0 Å². The molecule has 1 aliphatic rings. The van der Waals surface area contributed by atoms with Gasteiger partial charge in [0, 0.05) is 13.5 Å². The van der Waals surface area contributed by atoms with Crippen molar-refractivity contribution in [1.29, 1.82) is 0 Å². The maximum absolute atomic E-state index is 10.3. The molecule has 0 aliphatic carbocycles. The van der Waals surface area contributed by atoms with Gasteiger partial charge >= 0.3 is 5.97 Å². The van der Waals surface area contributed by atoms with Crippen molar-refractivity contribution in [3.8, 4) is 0 Å². The molecule has 0 spiro atoms. The van der Waals surface area contributed by atoms with E-state index in [0.717, 1.165) is 0 Å². The van der Waals surface area contributed by atoms with E-state index in [2.05, 4.69) is 0 Å². The largest absolute Gasteiger partial charge is 0.479 e. The fraction of sp³-hybridized carbons (Fsp3) is 0.889. The molecule has 90 valence electrons. The van der Waals surface area contributed by atoms with Crippen LogP contribution in [-0.4, -0.2) is 46.6 Å². The molecule has 0 amide bonds. The van der Waals surface area contributed by atoms with Crippen LogP contribution in [0.15, 0.2) is 0 Å². The Morgan fingerprint density at radius 1 is 1.40 bits per heavy atom. The first kappa shape index (κ1) is 14.3. The first-order chi connectivity index (χ1) is 6.74. The van der Waals surface area contributed by atoms with Gasteiger partial charge in [0.25, 0.3) is 0 Å². The van der Waals surface area contributed by atoms with Gasteiger partial charge < -0.3 is 24.8 Å². The van der Waals surface area contributed by atoms with Gasteiger partial charge in [-0.15, -0.1) is 0 Å². The Hall–Kier alpha value is -0.690. The highest BCUT2D eigenvalue weighted by Gasteiger charge is 2.29. The third kappa shape index (κ3) is 8.31. The molecule has 1 rings (SSSR count). The minimum Gasteiger partial charge on any atom is -0.479 e. The Bertz CT molecular complexity index is 191. The SMILES string of the molecule is CC(C)(O)O.COC1CC[C@@H](C(=O)O)O1. The van der Waals surface area contributed by atoms with Gasteiger partial charge in [-0.05, 0) is 20.3 Å². The summed E-state index contributed by atoms with van der Waals surface area (Å²) in [7, 11) is 1.51. The number of carboxylic acid groups (broad SMARTS) is 1. The Labute approximate surface area is 88.4 Å².